The van der Waals surface area contributed by atoms with Crippen LogP contribution in [0.5, 0.6) is 0 Å². The zero-order valence-corrected chi connectivity index (χ0v) is 24.7. The molecule has 206 valence electrons. The Bertz CT molecular complexity index is 1310. The summed E-state index contributed by atoms with van der Waals surface area (Å²) in [5.41, 5.74) is 5.48. The number of rotatable bonds is 7. The van der Waals surface area contributed by atoms with Crippen LogP contribution in [0.3, 0.4) is 0 Å². The standard InChI is InChI=1S/C29H34BrClN6O2/c1-3-4-26(38)37-12-11-36(17-25(37)29(39)32-9-10-35-16-19(2)34-18-35)28-24-8-7-23(31)14-20(24)5-6-21-13-22(30)15-33-27(21)28/h7-8,13-16,18,25,28H,3-6,9-12,17H2,1-2H3,(H,32,39)/t25-,28?/m1/s1. The Morgan fingerprint density at radius 3 is 2.74 bits per heavy atom. The number of fused-ring (bicyclic) bond motifs is 2. The van der Waals surface area contributed by atoms with E-state index >= 15 is 0 Å². The zero-order chi connectivity index (χ0) is 27.5. The Hall–Kier alpha value is -2.75. The summed E-state index contributed by atoms with van der Waals surface area (Å²) in [4.78, 5) is 39.9. The average Bonchev–Trinajstić information content (AvgIpc) is 3.26. The molecule has 1 N–H and O–H groups in total. The molecule has 1 aliphatic carbocycles. The molecule has 2 amide bonds. The maximum atomic E-state index is 13.6. The summed E-state index contributed by atoms with van der Waals surface area (Å²) in [6.07, 6.45) is 8.46. The molecule has 2 aliphatic rings. The number of nitrogens with one attached hydrogen (secondary N) is 1. The SMILES string of the molecule is CCCC(=O)N1CCN(C2c3ccc(Cl)cc3CCc3cc(Br)cnc32)C[C@@H]1C(=O)NCCn1cnc(C)c1. The monoisotopic (exact) mass is 612 g/mol. The lowest BCUT2D eigenvalue weighted by Crippen LogP contribution is -2.61. The summed E-state index contributed by atoms with van der Waals surface area (Å²) >= 11 is 9.99. The molecule has 1 unspecified atom stereocenters. The molecule has 3 aromatic rings. The summed E-state index contributed by atoms with van der Waals surface area (Å²) in [5.74, 6) is -0.104. The first kappa shape index (κ1) is 27.8. The van der Waals surface area contributed by atoms with Gasteiger partial charge < -0.3 is 14.8 Å². The Kier molecular flexibility index (Phi) is 8.69. The Morgan fingerprint density at radius 1 is 1.15 bits per heavy atom. The lowest BCUT2D eigenvalue weighted by atomic mass is 9.95. The van der Waals surface area contributed by atoms with Gasteiger partial charge in [0.1, 0.15) is 6.04 Å². The molecule has 1 saturated heterocycles. The van der Waals surface area contributed by atoms with Crippen LogP contribution in [0.15, 0.2) is 47.5 Å². The van der Waals surface area contributed by atoms with Crippen LogP contribution >= 0.6 is 27.5 Å². The van der Waals surface area contributed by atoms with E-state index in [2.05, 4.69) is 43.3 Å². The third-order valence-corrected chi connectivity index (χ3v) is 8.25. The van der Waals surface area contributed by atoms with Crippen molar-refractivity contribution in [1.29, 1.82) is 0 Å². The van der Waals surface area contributed by atoms with Gasteiger partial charge in [-0.1, -0.05) is 24.6 Å². The van der Waals surface area contributed by atoms with Gasteiger partial charge in [-0.15, -0.1) is 0 Å². The number of aryl methyl sites for hydroxylation is 3. The van der Waals surface area contributed by atoms with E-state index < -0.39 is 6.04 Å². The molecule has 10 heteroatoms. The van der Waals surface area contributed by atoms with Gasteiger partial charge in [-0.3, -0.25) is 19.5 Å². The van der Waals surface area contributed by atoms with Crippen molar-refractivity contribution in [2.45, 2.75) is 58.2 Å². The number of aromatic nitrogens is 3. The topological polar surface area (TPSA) is 83.4 Å². The number of pyridine rings is 1. The van der Waals surface area contributed by atoms with E-state index in [0.717, 1.165) is 40.7 Å². The van der Waals surface area contributed by atoms with Gasteiger partial charge in [0.2, 0.25) is 11.8 Å². The molecule has 0 radical (unpaired) electrons. The van der Waals surface area contributed by atoms with Gasteiger partial charge in [-0.2, -0.15) is 0 Å². The summed E-state index contributed by atoms with van der Waals surface area (Å²) in [7, 11) is 0. The van der Waals surface area contributed by atoms with Crippen LogP contribution < -0.4 is 5.32 Å². The predicted molar refractivity (Wildman–Crippen MR) is 155 cm³/mol. The van der Waals surface area contributed by atoms with Crippen LogP contribution in [0, 0.1) is 6.92 Å². The first-order valence-corrected chi connectivity index (χ1v) is 14.7. The van der Waals surface area contributed by atoms with Crippen LogP contribution in [-0.2, 0) is 29.0 Å². The van der Waals surface area contributed by atoms with Crippen LogP contribution in [0.2, 0.25) is 5.02 Å². The van der Waals surface area contributed by atoms with Crippen LogP contribution in [0.4, 0.5) is 0 Å². The van der Waals surface area contributed by atoms with E-state index in [0.29, 0.717) is 44.2 Å². The Morgan fingerprint density at radius 2 is 1.97 bits per heavy atom. The lowest BCUT2D eigenvalue weighted by Gasteiger charge is -2.44. The fourth-order valence-electron chi connectivity index (χ4n) is 5.72. The Labute approximate surface area is 242 Å². The lowest BCUT2D eigenvalue weighted by molar-refractivity contribution is -0.144. The molecular formula is C29H34BrClN6O2. The normalized spacial score (nSPS) is 19.2. The van der Waals surface area contributed by atoms with Crippen molar-refractivity contribution in [3.8, 4) is 0 Å². The van der Waals surface area contributed by atoms with Gasteiger partial charge in [0.25, 0.3) is 0 Å². The number of piperazine rings is 1. The number of carbonyl (C=O) groups is 2. The van der Waals surface area contributed by atoms with Gasteiger partial charge >= 0.3 is 0 Å². The van der Waals surface area contributed by atoms with Gasteiger partial charge in [0.05, 0.1) is 23.8 Å². The summed E-state index contributed by atoms with van der Waals surface area (Å²) in [6, 6.07) is 7.51. The van der Waals surface area contributed by atoms with Crippen molar-refractivity contribution in [2.24, 2.45) is 0 Å². The predicted octanol–water partition coefficient (Wildman–Crippen LogP) is 4.32. The number of hydrogen-bond acceptors (Lipinski definition) is 5. The summed E-state index contributed by atoms with van der Waals surface area (Å²) in [6.45, 7) is 6.58. The minimum Gasteiger partial charge on any atom is -0.352 e. The molecule has 0 spiro atoms. The highest BCUT2D eigenvalue weighted by Gasteiger charge is 2.40. The van der Waals surface area contributed by atoms with E-state index in [-0.39, 0.29) is 17.9 Å². The maximum Gasteiger partial charge on any atom is 0.244 e. The fourth-order valence-corrected chi connectivity index (χ4v) is 6.29. The van der Waals surface area contributed by atoms with E-state index in [1.54, 1.807) is 11.2 Å². The highest BCUT2D eigenvalue weighted by molar-refractivity contribution is 9.10. The molecule has 1 aromatic carbocycles. The highest BCUT2D eigenvalue weighted by Crippen LogP contribution is 2.38. The highest BCUT2D eigenvalue weighted by atomic mass is 79.9. The summed E-state index contributed by atoms with van der Waals surface area (Å²) < 4.78 is 2.90. The molecule has 5 rings (SSSR count). The van der Waals surface area contributed by atoms with Crippen molar-refractivity contribution in [1.82, 2.24) is 29.7 Å². The van der Waals surface area contributed by atoms with Gasteiger partial charge in [0, 0.05) is 61.0 Å². The number of halogens is 2. The summed E-state index contributed by atoms with van der Waals surface area (Å²) in [5, 5.41) is 3.79. The Balaban J connectivity index is 1.43. The van der Waals surface area contributed by atoms with Crippen LogP contribution in [-0.4, -0.2) is 68.4 Å². The maximum absolute atomic E-state index is 13.6. The second kappa shape index (κ2) is 12.2. The van der Waals surface area contributed by atoms with E-state index in [9.17, 15) is 9.59 Å². The molecular weight excluding hydrogens is 580 g/mol. The molecule has 0 saturated carbocycles. The van der Waals surface area contributed by atoms with Crippen molar-refractivity contribution in [2.75, 3.05) is 26.2 Å². The molecule has 39 heavy (non-hydrogen) atoms. The average molecular weight is 614 g/mol. The van der Waals surface area contributed by atoms with Crippen LogP contribution in [0.25, 0.3) is 0 Å². The van der Waals surface area contributed by atoms with Crippen molar-refractivity contribution in [3.05, 3.63) is 80.6 Å². The molecule has 1 fully saturated rings. The third kappa shape index (κ3) is 6.21. The number of amides is 2. The molecule has 1 aliphatic heterocycles. The largest absolute Gasteiger partial charge is 0.352 e. The molecule has 3 heterocycles. The molecule has 0 bridgehead atoms. The number of nitrogens with zero attached hydrogens (tertiary/aromatic N) is 5. The second-order valence-electron chi connectivity index (χ2n) is 10.3. The third-order valence-electron chi connectivity index (χ3n) is 7.59. The molecule has 8 nitrogen and oxygen atoms in total. The van der Waals surface area contributed by atoms with E-state index in [4.69, 9.17) is 16.6 Å². The first-order chi connectivity index (χ1) is 18.8. The zero-order valence-electron chi connectivity index (χ0n) is 22.4. The van der Waals surface area contributed by atoms with Crippen molar-refractivity contribution >= 4 is 39.3 Å². The van der Waals surface area contributed by atoms with Crippen molar-refractivity contribution < 1.29 is 9.59 Å². The first-order valence-electron chi connectivity index (χ1n) is 13.6. The molecule has 2 atom stereocenters. The van der Waals surface area contributed by atoms with Gasteiger partial charge in [-0.05, 0) is 77.0 Å². The van der Waals surface area contributed by atoms with E-state index in [1.165, 1.54) is 11.1 Å². The van der Waals surface area contributed by atoms with E-state index in [1.807, 2.05) is 42.9 Å². The number of imidazole rings is 1. The number of hydrogen-bond donors (Lipinski definition) is 1. The quantitative estimate of drug-likeness (QED) is 0.429. The smallest absolute Gasteiger partial charge is 0.244 e. The van der Waals surface area contributed by atoms with Gasteiger partial charge in [-0.25, -0.2) is 4.98 Å². The van der Waals surface area contributed by atoms with Crippen molar-refractivity contribution in [3.63, 3.8) is 0 Å². The second-order valence-corrected chi connectivity index (χ2v) is 11.7. The van der Waals surface area contributed by atoms with Crippen LogP contribution in [0.1, 0.15) is 53.9 Å². The van der Waals surface area contributed by atoms with Gasteiger partial charge in [0.15, 0.2) is 0 Å². The molecule has 2 aromatic heterocycles. The fraction of sp³-hybridized carbons (Fsp3) is 0.448. The minimum absolute atomic E-state index is 0.0260. The minimum atomic E-state index is -0.583. The number of carbonyl (C=O) groups excluding carboxylic acids is 2. The number of benzene rings is 1.